The molecule has 1 aliphatic heterocycles. The summed E-state index contributed by atoms with van der Waals surface area (Å²) in [6.07, 6.45) is 0. The van der Waals surface area contributed by atoms with Gasteiger partial charge in [0.2, 0.25) is 0 Å². The van der Waals surface area contributed by atoms with Crippen molar-refractivity contribution in [2.75, 3.05) is 0 Å². The minimum atomic E-state index is -3.99. The van der Waals surface area contributed by atoms with Crippen LogP contribution in [0.3, 0.4) is 0 Å². The predicted octanol–water partition coefficient (Wildman–Crippen LogP) is -4.15. The fraction of sp³-hybridized carbons (Fsp3) is 0.0526. The molecule has 0 bridgehead atoms. The van der Waals surface area contributed by atoms with E-state index >= 15 is 0 Å². The molecule has 5 nitrogen and oxygen atoms in total. The molecule has 27 heavy (non-hydrogen) atoms. The van der Waals surface area contributed by atoms with E-state index in [1.54, 1.807) is 42.5 Å². The molecule has 1 aliphatic rings. The molecular weight excluding hydrogens is 386 g/mol. The monoisotopic (exact) mass is 398 g/mol. The van der Waals surface area contributed by atoms with Crippen molar-refractivity contribution >= 4 is 10.1 Å². The average Bonchev–Trinajstić information content (AvgIpc) is 2.85. The maximum absolute atomic E-state index is 12.6. The molecule has 4 rings (SSSR count). The predicted molar refractivity (Wildman–Crippen MR) is 86.4 cm³/mol. The minimum Gasteiger partial charge on any atom is -0.872 e. The van der Waals surface area contributed by atoms with Crippen LogP contribution in [0, 0.1) is 0 Å². The number of benzene rings is 3. The number of fused-ring (bicyclic) bond motifs is 1. The number of hydrogen-bond donors (Lipinski definition) is 0. The summed E-state index contributed by atoms with van der Waals surface area (Å²) in [6, 6.07) is 18.1. The third-order valence-electron chi connectivity index (χ3n) is 4.29. The van der Waals surface area contributed by atoms with Crippen molar-refractivity contribution in [3.8, 4) is 11.5 Å². The fourth-order valence-corrected chi connectivity index (χ4v) is 4.61. The molecule has 3 aromatic rings. The minimum absolute atomic E-state index is 0. The van der Waals surface area contributed by atoms with Crippen molar-refractivity contribution in [1.82, 2.24) is 0 Å². The van der Waals surface area contributed by atoms with Gasteiger partial charge in [0.1, 0.15) is 4.90 Å². The molecule has 3 aromatic carbocycles. The average molecular weight is 398 g/mol. The van der Waals surface area contributed by atoms with Gasteiger partial charge in [-0.1, -0.05) is 66.7 Å². The molecule has 0 fully saturated rings. The van der Waals surface area contributed by atoms with Crippen LogP contribution in [0.5, 0.6) is 11.5 Å². The Bertz CT molecular complexity index is 1000. The van der Waals surface area contributed by atoms with Crippen molar-refractivity contribution in [2.24, 2.45) is 0 Å². The molecular formula is C19H12Na2O5S. The van der Waals surface area contributed by atoms with E-state index in [1.165, 1.54) is 30.3 Å². The van der Waals surface area contributed by atoms with Crippen LogP contribution >= 0.6 is 0 Å². The molecule has 1 heterocycles. The molecule has 0 unspecified atom stereocenters. The van der Waals surface area contributed by atoms with Gasteiger partial charge in [-0.25, -0.2) is 4.18 Å². The van der Waals surface area contributed by atoms with Gasteiger partial charge in [0, 0.05) is 5.56 Å². The second-order valence-corrected chi connectivity index (χ2v) is 7.28. The van der Waals surface area contributed by atoms with Gasteiger partial charge >= 0.3 is 59.1 Å². The van der Waals surface area contributed by atoms with Gasteiger partial charge < -0.3 is 10.2 Å². The van der Waals surface area contributed by atoms with Crippen LogP contribution in [-0.2, 0) is 19.9 Å². The Labute approximate surface area is 201 Å². The summed E-state index contributed by atoms with van der Waals surface area (Å²) in [4.78, 5) is 0.0763. The van der Waals surface area contributed by atoms with Gasteiger partial charge in [-0.15, -0.1) is 11.5 Å². The van der Waals surface area contributed by atoms with Crippen LogP contribution in [0.15, 0.2) is 77.7 Å². The Balaban J connectivity index is 0.00000131. The first-order valence-electron chi connectivity index (χ1n) is 7.54. The summed E-state index contributed by atoms with van der Waals surface area (Å²) in [5.74, 6) is -0.383. The summed E-state index contributed by atoms with van der Waals surface area (Å²) < 4.78 is 30.8. The van der Waals surface area contributed by atoms with Crippen LogP contribution in [0.4, 0.5) is 0 Å². The SMILES string of the molecule is O=S1(=O)OC(c2ccc([O-])cc2)(c2ccc([O-])cc2)c2ccccc21.[Na+].[Na+]. The summed E-state index contributed by atoms with van der Waals surface area (Å²) >= 11 is 0. The zero-order valence-corrected chi connectivity index (χ0v) is 19.7. The maximum Gasteiger partial charge on any atom is 1.00 e. The first kappa shape index (κ1) is 22.5. The summed E-state index contributed by atoms with van der Waals surface area (Å²) in [6.45, 7) is 0. The molecule has 126 valence electrons. The Morgan fingerprint density at radius 1 is 0.704 bits per heavy atom. The second-order valence-electron chi connectivity index (χ2n) is 5.76. The smallest absolute Gasteiger partial charge is 0.872 e. The van der Waals surface area contributed by atoms with Crippen LogP contribution < -0.4 is 69.3 Å². The molecule has 0 spiro atoms. The van der Waals surface area contributed by atoms with Gasteiger partial charge in [0.25, 0.3) is 10.1 Å². The van der Waals surface area contributed by atoms with E-state index in [9.17, 15) is 18.6 Å². The van der Waals surface area contributed by atoms with E-state index in [4.69, 9.17) is 4.18 Å². The molecule has 0 atom stereocenters. The van der Waals surface area contributed by atoms with Crippen LogP contribution in [0.2, 0.25) is 0 Å². The van der Waals surface area contributed by atoms with Crippen LogP contribution in [0.1, 0.15) is 16.7 Å². The largest absolute Gasteiger partial charge is 1.00 e. The number of hydrogen-bond acceptors (Lipinski definition) is 5. The topological polar surface area (TPSA) is 89.5 Å². The van der Waals surface area contributed by atoms with Crippen molar-refractivity contribution in [3.63, 3.8) is 0 Å². The third kappa shape index (κ3) is 3.73. The fourth-order valence-electron chi connectivity index (χ4n) is 3.18. The van der Waals surface area contributed by atoms with Crippen molar-refractivity contribution < 1.29 is 81.9 Å². The Morgan fingerprint density at radius 2 is 1.15 bits per heavy atom. The van der Waals surface area contributed by atoms with E-state index < -0.39 is 15.7 Å². The van der Waals surface area contributed by atoms with E-state index in [1.807, 2.05) is 0 Å². The molecule has 0 saturated carbocycles. The third-order valence-corrected chi connectivity index (χ3v) is 5.66. The van der Waals surface area contributed by atoms with Gasteiger partial charge in [-0.2, -0.15) is 8.42 Å². The van der Waals surface area contributed by atoms with Crippen molar-refractivity contribution in [3.05, 3.63) is 89.5 Å². The normalized spacial score (nSPS) is 15.9. The molecule has 0 radical (unpaired) electrons. The van der Waals surface area contributed by atoms with Gasteiger partial charge in [-0.05, 0) is 17.2 Å². The zero-order valence-electron chi connectivity index (χ0n) is 14.9. The van der Waals surface area contributed by atoms with Gasteiger partial charge in [-0.3, -0.25) is 0 Å². The Morgan fingerprint density at radius 3 is 1.63 bits per heavy atom. The Kier molecular flexibility index (Phi) is 6.88. The van der Waals surface area contributed by atoms with Crippen molar-refractivity contribution in [2.45, 2.75) is 10.5 Å². The molecule has 0 aliphatic carbocycles. The Hall–Kier alpha value is -0.830. The van der Waals surface area contributed by atoms with E-state index in [-0.39, 0.29) is 75.5 Å². The summed E-state index contributed by atoms with van der Waals surface area (Å²) in [7, 11) is -3.99. The summed E-state index contributed by atoms with van der Waals surface area (Å²) in [5.41, 5.74) is 0.0162. The second kappa shape index (κ2) is 8.27. The quantitative estimate of drug-likeness (QED) is 0.323. The van der Waals surface area contributed by atoms with Crippen molar-refractivity contribution in [1.29, 1.82) is 0 Å². The van der Waals surface area contributed by atoms with Gasteiger partial charge in [0.05, 0.1) is 0 Å². The molecule has 0 aromatic heterocycles. The maximum atomic E-state index is 12.6. The first-order valence-corrected chi connectivity index (χ1v) is 8.94. The van der Waals surface area contributed by atoms with E-state index in [0.717, 1.165) is 0 Å². The summed E-state index contributed by atoms with van der Waals surface area (Å²) in [5, 5.41) is 23.0. The number of rotatable bonds is 2. The van der Waals surface area contributed by atoms with E-state index in [2.05, 4.69) is 0 Å². The standard InChI is InChI=1S/C19H14O5S.2Na/c20-15-9-5-13(6-10-15)19(14-7-11-16(21)12-8-14)17-3-1-2-4-18(17)25(22,23)24-19;;/h1-12,20-21H;;/q;2*+1/p-2. The van der Waals surface area contributed by atoms with Crippen LogP contribution in [0.25, 0.3) is 0 Å². The first-order chi connectivity index (χ1) is 11.9. The van der Waals surface area contributed by atoms with Gasteiger partial charge in [0.15, 0.2) is 5.60 Å². The van der Waals surface area contributed by atoms with E-state index in [0.29, 0.717) is 16.7 Å². The molecule has 8 heteroatoms. The molecule has 0 saturated heterocycles. The molecule has 0 N–H and O–H groups in total. The molecule has 0 amide bonds. The van der Waals surface area contributed by atoms with Crippen LogP contribution in [-0.4, -0.2) is 8.42 Å². The zero-order chi connectivity index (χ0) is 17.7.